The van der Waals surface area contributed by atoms with Gasteiger partial charge in [0.05, 0.1) is 6.10 Å². The fourth-order valence-corrected chi connectivity index (χ4v) is 2.35. The van der Waals surface area contributed by atoms with Crippen LogP contribution < -0.4 is 5.32 Å². The van der Waals surface area contributed by atoms with E-state index in [1.54, 1.807) is 6.92 Å². The topological polar surface area (TPSA) is 67.8 Å². The zero-order valence-corrected chi connectivity index (χ0v) is 12.8. The number of hydrogen-bond donors (Lipinski definition) is 2. The van der Waals surface area contributed by atoms with Gasteiger partial charge < -0.3 is 19.9 Å². The highest BCUT2D eigenvalue weighted by molar-refractivity contribution is 5.78. The van der Waals surface area contributed by atoms with Crippen molar-refractivity contribution in [3.05, 3.63) is 0 Å². The number of rotatable bonds is 10. The number of aliphatic carboxylic acids is 1. The summed E-state index contributed by atoms with van der Waals surface area (Å²) in [6.45, 7) is 6.85. The van der Waals surface area contributed by atoms with Crippen LogP contribution in [0.5, 0.6) is 0 Å². The highest BCUT2D eigenvalue weighted by Gasteiger charge is 2.31. The average Bonchev–Trinajstić information content (AvgIpc) is 2.45. The normalized spacial score (nSPS) is 19.7. The molecule has 1 atom stereocenters. The molecule has 0 aromatic carbocycles. The summed E-state index contributed by atoms with van der Waals surface area (Å²) in [5, 5.41) is 12.4. The van der Waals surface area contributed by atoms with Gasteiger partial charge in [-0.25, -0.2) is 0 Å². The van der Waals surface area contributed by atoms with Crippen LogP contribution >= 0.6 is 0 Å². The number of carbonyl (C=O) groups is 1. The molecule has 1 aliphatic heterocycles. The van der Waals surface area contributed by atoms with Crippen LogP contribution in [0.3, 0.4) is 0 Å². The number of carboxylic acid groups (broad SMARTS) is 1. The Morgan fingerprint density at radius 1 is 1.40 bits per heavy atom. The molecule has 0 aromatic heterocycles. The summed E-state index contributed by atoms with van der Waals surface area (Å²) in [5.74, 6) is -0.767. The lowest BCUT2D eigenvalue weighted by atomic mass is 9.95. The first kappa shape index (κ1) is 17.4. The second-order valence-electron chi connectivity index (χ2n) is 5.70. The fourth-order valence-electron chi connectivity index (χ4n) is 2.35. The molecule has 0 saturated carbocycles. The molecule has 5 heteroatoms. The molecular weight excluding hydrogens is 258 g/mol. The number of carboxylic acids is 1. The largest absolute Gasteiger partial charge is 0.480 e. The van der Waals surface area contributed by atoms with Crippen LogP contribution in [0.4, 0.5) is 0 Å². The molecule has 1 saturated heterocycles. The molecule has 0 bridgehead atoms. The van der Waals surface area contributed by atoms with Crippen LogP contribution in [0.2, 0.25) is 0 Å². The van der Waals surface area contributed by atoms with Crippen molar-refractivity contribution in [3.63, 3.8) is 0 Å². The van der Waals surface area contributed by atoms with E-state index in [1.807, 2.05) is 6.92 Å². The first-order valence-corrected chi connectivity index (χ1v) is 7.76. The van der Waals surface area contributed by atoms with Gasteiger partial charge in [0.25, 0.3) is 0 Å². The van der Waals surface area contributed by atoms with E-state index in [0.29, 0.717) is 19.1 Å². The molecule has 20 heavy (non-hydrogen) atoms. The Kier molecular flexibility index (Phi) is 8.11. The van der Waals surface area contributed by atoms with Crippen molar-refractivity contribution in [2.45, 2.75) is 64.0 Å². The van der Waals surface area contributed by atoms with Crippen LogP contribution in [0.15, 0.2) is 0 Å². The van der Waals surface area contributed by atoms with Crippen LogP contribution in [0.1, 0.15) is 52.4 Å². The monoisotopic (exact) mass is 287 g/mol. The molecule has 1 heterocycles. The molecule has 0 aromatic rings. The zero-order valence-electron chi connectivity index (χ0n) is 12.8. The highest BCUT2D eigenvalue weighted by atomic mass is 16.5. The lowest BCUT2D eigenvalue weighted by Crippen LogP contribution is -2.49. The predicted molar refractivity (Wildman–Crippen MR) is 78.0 cm³/mol. The van der Waals surface area contributed by atoms with E-state index in [4.69, 9.17) is 9.47 Å². The molecule has 0 aliphatic carbocycles. The van der Waals surface area contributed by atoms with Crippen molar-refractivity contribution >= 4 is 5.97 Å². The standard InChI is InChI=1S/C15H29NO4/c1-3-9-16-15(2,14(17)18)8-4-5-10-20-13-6-11-19-12-7-13/h13,16H,3-12H2,1-2H3,(H,17,18). The summed E-state index contributed by atoms with van der Waals surface area (Å²) in [7, 11) is 0. The minimum Gasteiger partial charge on any atom is -0.480 e. The van der Waals surface area contributed by atoms with E-state index in [2.05, 4.69) is 5.32 Å². The predicted octanol–water partition coefficient (Wildman–Crippen LogP) is 2.20. The summed E-state index contributed by atoms with van der Waals surface area (Å²) in [4.78, 5) is 11.3. The van der Waals surface area contributed by atoms with Crippen LogP contribution in [0.25, 0.3) is 0 Å². The van der Waals surface area contributed by atoms with Gasteiger partial charge >= 0.3 is 5.97 Å². The van der Waals surface area contributed by atoms with Gasteiger partial charge in [-0.1, -0.05) is 6.92 Å². The third-order valence-electron chi connectivity index (χ3n) is 3.83. The van der Waals surface area contributed by atoms with E-state index in [-0.39, 0.29) is 0 Å². The Morgan fingerprint density at radius 3 is 2.70 bits per heavy atom. The van der Waals surface area contributed by atoms with Crippen molar-refractivity contribution in [3.8, 4) is 0 Å². The van der Waals surface area contributed by atoms with Gasteiger partial charge in [0.1, 0.15) is 5.54 Å². The molecule has 0 radical (unpaired) electrons. The number of nitrogens with one attached hydrogen (secondary N) is 1. The van der Waals surface area contributed by atoms with Crippen LogP contribution in [-0.2, 0) is 14.3 Å². The third-order valence-corrected chi connectivity index (χ3v) is 3.83. The Balaban J connectivity index is 2.15. The van der Waals surface area contributed by atoms with Gasteiger partial charge in [-0.2, -0.15) is 0 Å². The van der Waals surface area contributed by atoms with E-state index >= 15 is 0 Å². The van der Waals surface area contributed by atoms with Crippen molar-refractivity contribution in [1.82, 2.24) is 5.32 Å². The number of hydrogen-bond acceptors (Lipinski definition) is 4. The SMILES string of the molecule is CCCNC(C)(CCCCOC1CCOCC1)C(=O)O. The van der Waals surface area contributed by atoms with E-state index in [9.17, 15) is 9.90 Å². The molecule has 118 valence electrons. The third kappa shape index (κ3) is 6.20. The lowest BCUT2D eigenvalue weighted by molar-refractivity contribution is -0.144. The van der Waals surface area contributed by atoms with E-state index in [0.717, 1.165) is 51.9 Å². The molecule has 0 amide bonds. The maximum atomic E-state index is 11.3. The summed E-state index contributed by atoms with van der Waals surface area (Å²) < 4.78 is 11.1. The summed E-state index contributed by atoms with van der Waals surface area (Å²) in [5.41, 5.74) is -0.811. The molecule has 1 fully saturated rings. The van der Waals surface area contributed by atoms with Crippen LogP contribution in [-0.4, -0.2) is 49.1 Å². The molecule has 1 aliphatic rings. The minimum atomic E-state index is -0.811. The van der Waals surface area contributed by atoms with E-state index < -0.39 is 11.5 Å². The zero-order chi connectivity index (χ0) is 14.8. The smallest absolute Gasteiger partial charge is 0.323 e. The average molecular weight is 287 g/mol. The lowest BCUT2D eigenvalue weighted by Gasteiger charge is -2.26. The molecule has 2 N–H and O–H groups in total. The summed E-state index contributed by atoms with van der Waals surface area (Å²) in [6, 6.07) is 0. The Labute approximate surface area is 122 Å². The maximum Gasteiger partial charge on any atom is 0.323 e. The Hall–Kier alpha value is -0.650. The Bertz CT molecular complexity index is 279. The molecule has 5 nitrogen and oxygen atoms in total. The van der Waals surface area contributed by atoms with Crippen molar-refractivity contribution in [2.75, 3.05) is 26.4 Å². The Morgan fingerprint density at radius 2 is 2.10 bits per heavy atom. The van der Waals surface area contributed by atoms with E-state index in [1.165, 1.54) is 0 Å². The second-order valence-corrected chi connectivity index (χ2v) is 5.70. The minimum absolute atomic E-state index is 0.327. The fraction of sp³-hybridized carbons (Fsp3) is 0.933. The molecule has 1 rings (SSSR count). The van der Waals surface area contributed by atoms with Gasteiger partial charge in [-0.3, -0.25) is 4.79 Å². The number of unbranched alkanes of at least 4 members (excludes halogenated alkanes) is 1. The van der Waals surface area contributed by atoms with Crippen molar-refractivity contribution in [1.29, 1.82) is 0 Å². The first-order valence-electron chi connectivity index (χ1n) is 7.76. The number of ether oxygens (including phenoxy) is 2. The quantitative estimate of drug-likeness (QED) is 0.603. The van der Waals surface area contributed by atoms with Gasteiger partial charge in [0.2, 0.25) is 0 Å². The van der Waals surface area contributed by atoms with Gasteiger partial charge in [0, 0.05) is 19.8 Å². The summed E-state index contributed by atoms with van der Waals surface area (Å²) >= 11 is 0. The second kappa shape index (κ2) is 9.32. The first-order chi connectivity index (χ1) is 9.58. The van der Waals surface area contributed by atoms with Gasteiger partial charge in [0.15, 0.2) is 0 Å². The maximum absolute atomic E-state index is 11.3. The van der Waals surface area contributed by atoms with Crippen LogP contribution in [0, 0.1) is 0 Å². The van der Waals surface area contributed by atoms with Crippen molar-refractivity contribution < 1.29 is 19.4 Å². The van der Waals surface area contributed by atoms with Gasteiger partial charge in [-0.15, -0.1) is 0 Å². The molecule has 1 unspecified atom stereocenters. The molecule has 0 spiro atoms. The van der Waals surface area contributed by atoms with Crippen molar-refractivity contribution in [2.24, 2.45) is 0 Å². The highest BCUT2D eigenvalue weighted by Crippen LogP contribution is 2.16. The molecular formula is C15H29NO4. The summed E-state index contributed by atoms with van der Waals surface area (Å²) in [6.07, 6.45) is 5.63. The van der Waals surface area contributed by atoms with Gasteiger partial charge in [-0.05, 0) is 52.0 Å².